The number of rotatable bonds is 3. The van der Waals surface area contributed by atoms with Crippen LogP contribution in [0.1, 0.15) is 22.3 Å². The van der Waals surface area contributed by atoms with E-state index >= 15 is 0 Å². The second-order valence-electron chi connectivity index (χ2n) is 6.32. The average molecular weight is 439 g/mol. The maximum Gasteiger partial charge on any atom is 0.127 e. The van der Waals surface area contributed by atoms with Crippen molar-refractivity contribution in [1.82, 2.24) is 0 Å². The number of fused-ring (bicyclic) bond motifs is 2. The molecular weight excluding hydrogens is 420 g/mol. The highest BCUT2D eigenvalue weighted by molar-refractivity contribution is 9.15. The Bertz CT molecular complexity index is 983. The second-order valence-corrected chi connectivity index (χ2v) is 8.20. The van der Waals surface area contributed by atoms with Gasteiger partial charge in [0.25, 0.3) is 0 Å². The average Bonchev–Trinajstić information content (AvgIpc) is 2.71. The summed E-state index contributed by atoms with van der Waals surface area (Å²) in [7, 11) is 3.44. The highest BCUT2D eigenvalue weighted by Gasteiger charge is 2.29. The van der Waals surface area contributed by atoms with Crippen molar-refractivity contribution < 1.29 is 9.47 Å². The van der Waals surface area contributed by atoms with Crippen molar-refractivity contribution in [2.24, 2.45) is 0 Å². The molecule has 0 unspecified atom stereocenters. The molecule has 0 N–H and O–H groups in total. The molecule has 0 saturated carbocycles. The quantitative estimate of drug-likeness (QED) is 0.350. The molecule has 0 fully saturated rings. The Labute approximate surface area is 172 Å². The Balaban J connectivity index is 2.08. The third kappa shape index (κ3) is 3.17. The molecule has 0 aromatic heterocycles. The second kappa shape index (κ2) is 7.45. The van der Waals surface area contributed by atoms with Crippen LogP contribution in [0.25, 0.3) is 10.1 Å². The van der Waals surface area contributed by atoms with E-state index in [1.165, 1.54) is 15.4 Å². The molecule has 4 rings (SSSR count). The number of hydrogen-bond donors (Lipinski definition) is 0. The van der Waals surface area contributed by atoms with Crippen molar-refractivity contribution in [2.45, 2.75) is 16.7 Å². The van der Waals surface area contributed by atoms with Crippen LogP contribution in [0.3, 0.4) is 0 Å². The molecule has 4 heteroatoms. The zero-order valence-corrected chi connectivity index (χ0v) is 17.8. The van der Waals surface area contributed by atoms with Crippen LogP contribution in [0, 0.1) is 6.92 Å². The first-order valence-electron chi connectivity index (χ1n) is 8.63. The van der Waals surface area contributed by atoms with E-state index in [0.29, 0.717) is 0 Å². The number of ether oxygens (including phenoxy) is 2. The maximum absolute atomic E-state index is 5.73. The van der Waals surface area contributed by atoms with Gasteiger partial charge in [-0.3, -0.25) is 0 Å². The fourth-order valence-electron chi connectivity index (χ4n) is 3.33. The number of aryl methyl sites for hydroxylation is 1. The molecule has 0 bridgehead atoms. The van der Waals surface area contributed by atoms with Crippen molar-refractivity contribution >= 4 is 37.7 Å². The molecule has 2 nitrogen and oxygen atoms in total. The largest absolute Gasteiger partial charge is 0.496 e. The molecular formula is C23H19BrO2S. The van der Waals surface area contributed by atoms with Crippen molar-refractivity contribution in [2.75, 3.05) is 14.2 Å². The van der Waals surface area contributed by atoms with Gasteiger partial charge < -0.3 is 9.47 Å². The zero-order valence-electron chi connectivity index (χ0n) is 15.4. The minimum absolute atomic E-state index is 0.857. The summed E-state index contributed by atoms with van der Waals surface area (Å²) >= 11 is 5.64. The summed E-state index contributed by atoms with van der Waals surface area (Å²) in [6.45, 7) is 2.10. The molecule has 1 heterocycles. The summed E-state index contributed by atoms with van der Waals surface area (Å²) in [6, 6.07) is 20.9. The van der Waals surface area contributed by atoms with Gasteiger partial charge in [-0.1, -0.05) is 53.7 Å². The van der Waals surface area contributed by atoms with Crippen LogP contribution < -0.4 is 9.47 Å². The van der Waals surface area contributed by atoms with Gasteiger partial charge in [0.1, 0.15) is 11.5 Å². The number of halogens is 1. The first-order chi connectivity index (χ1) is 13.1. The lowest BCUT2D eigenvalue weighted by molar-refractivity contribution is 0.409. The van der Waals surface area contributed by atoms with E-state index in [-0.39, 0.29) is 0 Å². The molecule has 1 aliphatic rings. The predicted molar refractivity (Wildman–Crippen MR) is 116 cm³/mol. The zero-order chi connectivity index (χ0) is 19.0. The van der Waals surface area contributed by atoms with Gasteiger partial charge in [0.05, 0.1) is 14.2 Å². The smallest absolute Gasteiger partial charge is 0.127 e. The van der Waals surface area contributed by atoms with E-state index < -0.39 is 0 Å². The number of methoxy groups -OCH3 is 2. The lowest BCUT2D eigenvalue weighted by Crippen LogP contribution is -2.05. The van der Waals surface area contributed by atoms with E-state index in [1.807, 2.05) is 24.3 Å². The standard InChI is InChI=1S/C23H19BrO2S/c1-14-10-12-15(13-11-14)23(24)22-20-16(25-2)6-4-8-18(20)27-19-9-5-7-17(26-3)21(19)22/h4-13H,1-3H3. The fraction of sp³-hybridized carbons (Fsp3) is 0.130. The van der Waals surface area contributed by atoms with Gasteiger partial charge in [-0.15, -0.1) is 0 Å². The first kappa shape index (κ1) is 18.2. The van der Waals surface area contributed by atoms with Crippen LogP contribution in [-0.4, -0.2) is 14.2 Å². The molecule has 0 atom stereocenters. The minimum atomic E-state index is 0.857. The number of benzene rings is 3. The van der Waals surface area contributed by atoms with Crippen LogP contribution in [0.2, 0.25) is 0 Å². The van der Waals surface area contributed by atoms with E-state index in [2.05, 4.69) is 59.3 Å². The fourth-order valence-corrected chi connectivity index (χ4v) is 5.13. The highest BCUT2D eigenvalue weighted by Crippen LogP contribution is 2.54. The van der Waals surface area contributed by atoms with E-state index in [4.69, 9.17) is 9.47 Å². The molecule has 0 aliphatic carbocycles. The number of hydrogen-bond acceptors (Lipinski definition) is 3. The third-order valence-corrected chi connectivity index (χ3v) is 6.63. The summed E-state index contributed by atoms with van der Waals surface area (Å²) in [5.74, 6) is 1.71. The summed E-state index contributed by atoms with van der Waals surface area (Å²) in [6.07, 6.45) is 0. The Morgan fingerprint density at radius 3 is 1.78 bits per heavy atom. The van der Waals surface area contributed by atoms with Crippen LogP contribution in [0.4, 0.5) is 0 Å². The molecule has 136 valence electrons. The Kier molecular flexibility index (Phi) is 5.02. The van der Waals surface area contributed by atoms with Crippen molar-refractivity contribution in [3.8, 4) is 11.5 Å². The minimum Gasteiger partial charge on any atom is -0.496 e. The summed E-state index contributed by atoms with van der Waals surface area (Å²) in [5, 5.41) is 0. The van der Waals surface area contributed by atoms with Crippen LogP contribution in [0.15, 0.2) is 70.5 Å². The summed E-state index contributed by atoms with van der Waals surface area (Å²) in [4.78, 5) is 2.35. The molecule has 3 aromatic rings. The lowest BCUT2D eigenvalue weighted by Gasteiger charge is -2.26. The van der Waals surface area contributed by atoms with Crippen molar-refractivity contribution in [3.05, 3.63) is 82.9 Å². The van der Waals surface area contributed by atoms with Gasteiger partial charge >= 0.3 is 0 Å². The molecule has 27 heavy (non-hydrogen) atoms. The van der Waals surface area contributed by atoms with Gasteiger partial charge in [0, 0.05) is 31.0 Å². The van der Waals surface area contributed by atoms with Gasteiger partial charge in [-0.2, -0.15) is 0 Å². The van der Waals surface area contributed by atoms with Crippen molar-refractivity contribution in [3.63, 3.8) is 0 Å². The monoisotopic (exact) mass is 438 g/mol. The SMILES string of the molecule is COc1cccc2c1C(=C(Br)c1ccc(C)cc1)c1c(OC)cccc1S2. The highest BCUT2D eigenvalue weighted by atomic mass is 79.9. The molecule has 0 saturated heterocycles. The van der Waals surface area contributed by atoms with Gasteiger partial charge in [-0.25, -0.2) is 0 Å². The van der Waals surface area contributed by atoms with Crippen LogP contribution in [0.5, 0.6) is 11.5 Å². The Morgan fingerprint density at radius 2 is 1.30 bits per heavy atom. The van der Waals surface area contributed by atoms with Crippen LogP contribution >= 0.6 is 27.7 Å². The normalized spacial score (nSPS) is 12.2. The van der Waals surface area contributed by atoms with Crippen LogP contribution in [-0.2, 0) is 0 Å². The molecule has 0 radical (unpaired) electrons. The topological polar surface area (TPSA) is 18.5 Å². The third-order valence-electron chi connectivity index (χ3n) is 4.66. The molecule has 0 amide bonds. The predicted octanol–water partition coefficient (Wildman–Crippen LogP) is 6.79. The molecule has 0 spiro atoms. The maximum atomic E-state index is 5.73. The van der Waals surface area contributed by atoms with Crippen molar-refractivity contribution in [1.29, 1.82) is 0 Å². The van der Waals surface area contributed by atoms with Gasteiger partial charge in [-0.05, 0) is 52.7 Å². The summed E-state index contributed by atoms with van der Waals surface area (Å²) < 4.78 is 12.5. The molecule has 1 aliphatic heterocycles. The van der Waals surface area contributed by atoms with Gasteiger partial charge in [0.15, 0.2) is 0 Å². The van der Waals surface area contributed by atoms with Gasteiger partial charge in [0.2, 0.25) is 0 Å². The Hall–Kier alpha value is -2.17. The summed E-state index contributed by atoms with van der Waals surface area (Å²) in [5.41, 5.74) is 5.64. The van der Waals surface area contributed by atoms with E-state index in [9.17, 15) is 0 Å². The van der Waals surface area contributed by atoms with E-state index in [1.54, 1.807) is 26.0 Å². The first-order valence-corrected chi connectivity index (χ1v) is 10.2. The molecule has 3 aromatic carbocycles. The Morgan fingerprint density at radius 1 is 0.778 bits per heavy atom. The lowest BCUT2D eigenvalue weighted by atomic mass is 9.93. The van der Waals surface area contributed by atoms with E-state index in [0.717, 1.165) is 38.2 Å².